The number of nitrogens with zero attached hydrogens (tertiary/aromatic N) is 5. The molecule has 3 heterocycles. The van der Waals surface area contributed by atoms with Gasteiger partial charge in [0, 0.05) is 11.1 Å². The van der Waals surface area contributed by atoms with Crippen molar-refractivity contribution in [3.8, 4) is 17.0 Å². The van der Waals surface area contributed by atoms with Gasteiger partial charge in [0.25, 0.3) is 5.56 Å². The number of hydrogen-bond acceptors (Lipinski definition) is 7. The van der Waals surface area contributed by atoms with Gasteiger partial charge in [-0.3, -0.25) is 4.79 Å². The lowest BCUT2D eigenvalue weighted by atomic mass is 9.92. The van der Waals surface area contributed by atoms with E-state index in [9.17, 15) is 4.79 Å². The summed E-state index contributed by atoms with van der Waals surface area (Å²) < 4.78 is 7.03. The predicted molar refractivity (Wildman–Crippen MR) is 102 cm³/mol. The maximum absolute atomic E-state index is 12.6. The number of benzene rings is 2. The van der Waals surface area contributed by atoms with Crippen LogP contribution in [0.15, 0.2) is 59.4 Å². The standard InChI is InChI=1S/C19H15N7O2/c1-28-13-9-5-8-12(10-13)17-14-15(11-6-3-2-4-7-11)21-22-18(27)16(14)20-19-23-24-25-26(17)19/h2-10,17H,1H3,(H,22,27)(H,20,23,25)/t17-/m0/s1. The van der Waals surface area contributed by atoms with Crippen molar-refractivity contribution in [2.45, 2.75) is 6.04 Å². The van der Waals surface area contributed by atoms with E-state index >= 15 is 0 Å². The second-order valence-electron chi connectivity index (χ2n) is 6.31. The average Bonchev–Trinajstić information content (AvgIpc) is 3.22. The second-order valence-corrected chi connectivity index (χ2v) is 6.31. The highest BCUT2D eigenvalue weighted by Gasteiger charge is 2.34. The Hall–Kier alpha value is -4.01. The number of H-pyrrole nitrogens is 1. The van der Waals surface area contributed by atoms with Crippen LogP contribution >= 0.6 is 0 Å². The van der Waals surface area contributed by atoms with E-state index in [2.05, 4.69) is 31.0 Å². The van der Waals surface area contributed by atoms with E-state index in [1.165, 1.54) is 0 Å². The number of methoxy groups -OCH3 is 1. The zero-order valence-electron chi connectivity index (χ0n) is 14.8. The van der Waals surface area contributed by atoms with Crippen molar-refractivity contribution < 1.29 is 4.74 Å². The number of rotatable bonds is 3. The van der Waals surface area contributed by atoms with E-state index in [4.69, 9.17) is 4.74 Å². The summed E-state index contributed by atoms with van der Waals surface area (Å²) in [6, 6.07) is 16.8. The van der Waals surface area contributed by atoms with E-state index < -0.39 is 6.04 Å². The first kappa shape index (κ1) is 16.2. The van der Waals surface area contributed by atoms with Crippen molar-refractivity contribution in [1.29, 1.82) is 0 Å². The van der Waals surface area contributed by atoms with Gasteiger partial charge in [0.15, 0.2) is 0 Å². The van der Waals surface area contributed by atoms with Crippen LogP contribution in [0.4, 0.5) is 11.6 Å². The predicted octanol–water partition coefficient (Wildman–Crippen LogP) is 2.13. The first-order chi connectivity index (χ1) is 13.8. The Morgan fingerprint density at radius 3 is 2.79 bits per heavy atom. The number of fused-ring (bicyclic) bond motifs is 2. The SMILES string of the molecule is COc1cccc([C@H]2c3c(-c4ccccc4)n[nH]c(=O)c3Nc3nnnn32)c1. The van der Waals surface area contributed by atoms with Crippen LogP contribution in [0.2, 0.25) is 0 Å². The van der Waals surface area contributed by atoms with Gasteiger partial charge in [0.2, 0.25) is 5.95 Å². The fraction of sp³-hybridized carbons (Fsp3) is 0.105. The minimum Gasteiger partial charge on any atom is -0.497 e. The molecule has 2 aromatic carbocycles. The van der Waals surface area contributed by atoms with Gasteiger partial charge in [-0.25, -0.2) is 5.10 Å². The molecule has 4 aromatic rings. The summed E-state index contributed by atoms with van der Waals surface area (Å²) in [6.45, 7) is 0. The third kappa shape index (κ3) is 2.44. The molecule has 28 heavy (non-hydrogen) atoms. The van der Waals surface area contributed by atoms with Crippen molar-refractivity contribution in [2.24, 2.45) is 0 Å². The number of anilines is 2. The maximum atomic E-state index is 12.6. The maximum Gasteiger partial charge on any atom is 0.288 e. The molecule has 1 aliphatic heterocycles. The summed E-state index contributed by atoms with van der Waals surface area (Å²) in [6.07, 6.45) is 0. The first-order valence-corrected chi connectivity index (χ1v) is 8.63. The van der Waals surface area contributed by atoms with Crippen LogP contribution in [0.3, 0.4) is 0 Å². The van der Waals surface area contributed by atoms with E-state index in [1.807, 2.05) is 54.6 Å². The summed E-state index contributed by atoms with van der Waals surface area (Å²) >= 11 is 0. The molecule has 9 nitrogen and oxygen atoms in total. The Morgan fingerprint density at radius 2 is 1.96 bits per heavy atom. The van der Waals surface area contributed by atoms with Crippen molar-refractivity contribution in [1.82, 2.24) is 30.4 Å². The van der Waals surface area contributed by atoms with Crippen LogP contribution in [0.25, 0.3) is 11.3 Å². The Kier molecular flexibility index (Phi) is 3.64. The van der Waals surface area contributed by atoms with E-state index in [0.29, 0.717) is 28.6 Å². The number of tetrazole rings is 1. The smallest absolute Gasteiger partial charge is 0.288 e. The molecule has 9 heteroatoms. The van der Waals surface area contributed by atoms with Gasteiger partial charge >= 0.3 is 0 Å². The van der Waals surface area contributed by atoms with E-state index in [1.54, 1.807) is 11.8 Å². The molecule has 138 valence electrons. The second kappa shape index (κ2) is 6.31. The largest absolute Gasteiger partial charge is 0.497 e. The minimum absolute atomic E-state index is 0.336. The molecule has 0 bridgehead atoms. The van der Waals surface area contributed by atoms with Crippen LogP contribution in [0, 0.1) is 0 Å². The van der Waals surface area contributed by atoms with Crippen LogP contribution in [0.1, 0.15) is 17.2 Å². The lowest BCUT2D eigenvalue weighted by Crippen LogP contribution is -2.29. The lowest BCUT2D eigenvalue weighted by molar-refractivity contribution is 0.413. The highest BCUT2D eigenvalue weighted by atomic mass is 16.5. The van der Waals surface area contributed by atoms with Gasteiger partial charge in [-0.2, -0.15) is 9.78 Å². The molecular weight excluding hydrogens is 358 g/mol. The average molecular weight is 373 g/mol. The quantitative estimate of drug-likeness (QED) is 0.498. The summed E-state index contributed by atoms with van der Waals surface area (Å²) in [5.41, 5.74) is 3.14. The summed E-state index contributed by atoms with van der Waals surface area (Å²) in [5, 5.41) is 21.9. The van der Waals surface area contributed by atoms with Gasteiger partial charge in [-0.15, -0.1) is 0 Å². The topological polar surface area (TPSA) is 111 Å². The molecule has 0 fully saturated rings. The van der Waals surface area contributed by atoms with E-state index in [0.717, 1.165) is 11.1 Å². The molecule has 0 amide bonds. The molecule has 0 unspecified atom stereocenters. The summed E-state index contributed by atoms with van der Waals surface area (Å²) in [4.78, 5) is 12.6. The van der Waals surface area contributed by atoms with Gasteiger partial charge < -0.3 is 10.1 Å². The number of aromatic nitrogens is 6. The van der Waals surface area contributed by atoms with E-state index in [-0.39, 0.29) is 5.56 Å². The Balaban J connectivity index is 1.82. The zero-order valence-corrected chi connectivity index (χ0v) is 14.8. The Morgan fingerprint density at radius 1 is 1.11 bits per heavy atom. The van der Waals surface area contributed by atoms with Gasteiger partial charge in [-0.05, 0) is 28.1 Å². The molecule has 0 saturated heterocycles. The van der Waals surface area contributed by atoms with Gasteiger partial charge in [-0.1, -0.05) is 47.6 Å². The minimum atomic E-state index is -0.443. The number of nitrogens with one attached hydrogen (secondary N) is 2. The fourth-order valence-corrected chi connectivity index (χ4v) is 3.47. The van der Waals surface area contributed by atoms with Gasteiger partial charge in [0.05, 0.1) is 12.8 Å². The molecule has 0 aliphatic carbocycles. The third-order valence-corrected chi connectivity index (χ3v) is 4.73. The Labute approximate surface area is 159 Å². The Bertz CT molecular complexity index is 1220. The molecule has 5 rings (SSSR count). The van der Waals surface area contributed by atoms with Crippen LogP contribution in [-0.2, 0) is 0 Å². The molecule has 2 aromatic heterocycles. The highest BCUT2D eigenvalue weighted by molar-refractivity contribution is 5.75. The van der Waals surface area contributed by atoms with Crippen LogP contribution in [0.5, 0.6) is 5.75 Å². The molecule has 1 atom stereocenters. The first-order valence-electron chi connectivity index (χ1n) is 8.63. The fourth-order valence-electron chi connectivity index (χ4n) is 3.47. The molecule has 0 radical (unpaired) electrons. The molecule has 0 saturated carbocycles. The lowest BCUT2D eigenvalue weighted by Gasteiger charge is -2.28. The van der Waals surface area contributed by atoms with Crippen molar-refractivity contribution in [3.05, 3.63) is 76.1 Å². The highest BCUT2D eigenvalue weighted by Crippen LogP contribution is 2.41. The number of ether oxygens (including phenoxy) is 1. The van der Waals surface area contributed by atoms with Gasteiger partial charge in [0.1, 0.15) is 17.5 Å². The molecule has 2 N–H and O–H groups in total. The summed E-state index contributed by atoms with van der Waals surface area (Å²) in [7, 11) is 1.61. The summed E-state index contributed by atoms with van der Waals surface area (Å²) in [5.74, 6) is 1.09. The van der Waals surface area contributed by atoms with Crippen molar-refractivity contribution in [3.63, 3.8) is 0 Å². The van der Waals surface area contributed by atoms with Crippen molar-refractivity contribution >= 4 is 11.6 Å². The normalized spacial score (nSPS) is 14.7. The number of hydrogen-bond donors (Lipinski definition) is 2. The zero-order chi connectivity index (χ0) is 19.1. The molecular formula is C19H15N7O2. The van der Waals surface area contributed by atoms with Crippen molar-refractivity contribution in [2.75, 3.05) is 12.4 Å². The van der Waals surface area contributed by atoms with Crippen LogP contribution in [-0.4, -0.2) is 37.5 Å². The molecule has 1 aliphatic rings. The number of aromatic amines is 1. The molecule has 0 spiro atoms. The van der Waals surface area contributed by atoms with Crippen LogP contribution < -0.4 is 15.6 Å². The third-order valence-electron chi connectivity index (χ3n) is 4.73. The monoisotopic (exact) mass is 373 g/mol.